The Bertz CT molecular complexity index is 706. The van der Waals surface area contributed by atoms with Gasteiger partial charge in [-0.2, -0.15) is 0 Å². The Morgan fingerprint density at radius 1 is 1.00 bits per heavy atom. The Morgan fingerprint density at radius 2 is 1.62 bits per heavy atom. The zero-order valence-corrected chi connectivity index (χ0v) is 11.1. The molecule has 0 fully saturated rings. The van der Waals surface area contributed by atoms with Crippen LogP contribution >= 0.6 is 0 Å². The third-order valence-corrected chi connectivity index (χ3v) is 2.88. The lowest BCUT2D eigenvalue weighted by Gasteiger charge is -2.03. The lowest BCUT2D eigenvalue weighted by Crippen LogP contribution is -2.14. The Balaban J connectivity index is 2.28. The minimum absolute atomic E-state index is 0.00924. The monoisotopic (exact) mass is 285 g/mol. The maximum Gasteiger partial charge on any atom is 0.270 e. The molecule has 0 bridgehead atoms. The molecule has 0 amide bonds. The van der Waals surface area contributed by atoms with E-state index in [1.165, 1.54) is 37.4 Å². The number of hydrogen-bond donors (Lipinski definition) is 0. The second kappa shape index (κ2) is 5.96. The van der Waals surface area contributed by atoms with Crippen molar-refractivity contribution >= 4 is 17.3 Å². The van der Waals surface area contributed by atoms with Crippen molar-refractivity contribution in [3.63, 3.8) is 0 Å². The Morgan fingerprint density at radius 3 is 2.19 bits per heavy atom. The lowest BCUT2D eigenvalue weighted by atomic mass is 10.0. The number of non-ortho nitro benzene ring substituents is 1. The highest BCUT2D eigenvalue weighted by molar-refractivity contribution is 6.49. The molecule has 106 valence electrons. The highest BCUT2D eigenvalue weighted by Gasteiger charge is 2.20. The molecule has 0 radical (unpaired) electrons. The zero-order valence-electron chi connectivity index (χ0n) is 11.1. The van der Waals surface area contributed by atoms with Crippen molar-refractivity contribution in [3.05, 3.63) is 69.8 Å². The van der Waals surface area contributed by atoms with Gasteiger partial charge in [-0.1, -0.05) is 12.1 Å². The summed E-state index contributed by atoms with van der Waals surface area (Å²) in [6.45, 7) is 0. The molecule has 0 saturated heterocycles. The summed E-state index contributed by atoms with van der Waals surface area (Å²) in [6.07, 6.45) is 0. The molecule has 2 aromatic rings. The largest absolute Gasteiger partial charge is 0.497 e. The smallest absolute Gasteiger partial charge is 0.270 e. The van der Waals surface area contributed by atoms with Gasteiger partial charge in [-0.05, 0) is 24.3 Å². The van der Waals surface area contributed by atoms with E-state index in [9.17, 15) is 19.7 Å². The molecule has 0 heterocycles. The van der Waals surface area contributed by atoms with Crippen LogP contribution in [0.15, 0.2) is 48.5 Å². The summed E-state index contributed by atoms with van der Waals surface area (Å²) in [4.78, 5) is 34.2. The second-order valence-electron chi connectivity index (χ2n) is 4.19. The van der Waals surface area contributed by atoms with E-state index >= 15 is 0 Å². The Labute approximate surface area is 120 Å². The minimum Gasteiger partial charge on any atom is -0.497 e. The highest BCUT2D eigenvalue weighted by atomic mass is 16.6. The number of ether oxygens (including phenoxy) is 1. The number of nitro groups is 1. The molecule has 0 N–H and O–H groups in total. The fourth-order valence-corrected chi connectivity index (χ4v) is 1.77. The number of carbonyl (C=O) groups excluding carboxylic acids is 2. The van der Waals surface area contributed by atoms with Gasteiger partial charge >= 0.3 is 0 Å². The molecule has 0 aliphatic rings. The molecule has 6 nitrogen and oxygen atoms in total. The molecule has 0 saturated carbocycles. The van der Waals surface area contributed by atoms with Gasteiger partial charge in [-0.15, -0.1) is 0 Å². The molecule has 0 aromatic heterocycles. The number of nitro benzene ring substituents is 1. The van der Waals surface area contributed by atoms with Crippen LogP contribution in [-0.2, 0) is 0 Å². The molecule has 0 atom stereocenters. The first-order valence-electron chi connectivity index (χ1n) is 6.00. The summed E-state index contributed by atoms with van der Waals surface area (Å²) in [5, 5.41) is 10.7. The van der Waals surface area contributed by atoms with Crippen LogP contribution in [0.5, 0.6) is 5.75 Å². The fraction of sp³-hybridized carbons (Fsp3) is 0.0667. The van der Waals surface area contributed by atoms with E-state index in [0.29, 0.717) is 5.75 Å². The van der Waals surface area contributed by atoms with E-state index in [0.717, 1.165) is 6.07 Å². The van der Waals surface area contributed by atoms with E-state index in [-0.39, 0.29) is 16.8 Å². The van der Waals surface area contributed by atoms with E-state index in [1.807, 2.05) is 0 Å². The van der Waals surface area contributed by atoms with Crippen LogP contribution in [0.4, 0.5) is 5.69 Å². The first kappa shape index (κ1) is 14.4. The molecule has 21 heavy (non-hydrogen) atoms. The number of carbonyl (C=O) groups is 2. The van der Waals surface area contributed by atoms with Gasteiger partial charge in [0.25, 0.3) is 5.69 Å². The van der Waals surface area contributed by atoms with Crippen LogP contribution in [0.3, 0.4) is 0 Å². The Hall–Kier alpha value is -3.02. The zero-order chi connectivity index (χ0) is 15.4. The number of ketones is 2. The number of benzene rings is 2. The van der Waals surface area contributed by atoms with Crippen molar-refractivity contribution in [2.24, 2.45) is 0 Å². The van der Waals surface area contributed by atoms with Crippen LogP contribution in [0, 0.1) is 10.1 Å². The lowest BCUT2D eigenvalue weighted by molar-refractivity contribution is -0.384. The van der Waals surface area contributed by atoms with Gasteiger partial charge in [-0.25, -0.2) is 0 Å². The van der Waals surface area contributed by atoms with Gasteiger partial charge < -0.3 is 4.74 Å². The van der Waals surface area contributed by atoms with E-state index in [4.69, 9.17) is 4.74 Å². The quantitative estimate of drug-likeness (QED) is 0.365. The molecule has 2 aromatic carbocycles. The van der Waals surface area contributed by atoms with Crippen molar-refractivity contribution in [3.8, 4) is 5.75 Å². The van der Waals surface area contributed by atoms with Gasteiger partial charge in [0, 0.05) is 23.3 Å². The molecule has 2 rings (SSSR count). The van der Waals surface area contributed by atoms with Crippen molar-refractivity contribution in [2.75, 3.05) is 7.11 Å². The van der Waals surface area contributed by atoms with Gasteiger partial charge in [0.1, 0.15) is 5.75 Å². The molecular formula is C15H11NO5. The van der Waals surface area contributed by atoms with Crippen molar-refractivity contribution in [2.45, 2.75) is 0 Å². The summed E-state index contributed by atoms with van der Waals surface area (Å²) in [6, 6.07) is 11.1. The average Bonchev–Trinajstić information content (AvgIpc) is 2.53. The first-order chi connectivity index (χ1) is 10.0. The topological polar surface area (TPSA) is 86.5 Å². The van der Waals surface area contributed by atoms with Crippen molar-refractivity contribution in [1.29, 1.82) is 0 Å². The summed E-state index contributed by atoms with van der Waals surface area (Å²) >= 11 is 0. The van der Waals surface area contributed by atoms with E-state index < -0.39 is 16.5 Å². The fourth-order valence-electron chi connectivity index (χ4n) is 1.77. The van der Waals surface area contributed by atoms with Crippen LogP contribution in [-0.4, -0.2) is 23.6 Å². The number of hydrogen-bond acceptors (Lipinski definition) is 5. The first-order valence-corrected chi connectivity index (χ1v) is 6.00. The molecular weight excluding hydrogens is 274 g/mol. The molecule has 6 heteroatoms. The maximum atomic E-state index is 12.1. The minimum atomic E-state index is -0.788. The van der Waals surface area contributed by atoms with Crippen LogP contribution in [0.25, 0.3) is 0 Å². The molecule has 0 aliphatic carbocycles. The van der Waals surface area contributed by atoms with Gasteiger partial charge in [0.2, 0.25) is 11.6 Å². The van der Waals surface area contributed by atoms with Crippen LogP contribution in [0.1, 0.15) is 20.7 Å². The van der Waals surface area contributed by atoms with Gasteiger partial charge in [0.15, 0.2) is 0 Å². The predicted octanol–water partition coefficient (Wildman–Crippen LogP) is 2.67. The van der Waals surface area contributed by atoms with E-state index in [2.05, 4.69) is 0 Å². The summed E-state index contributed by atoms with van der Waals surface area (Å²) in [5.41, 5.74) is -0.0410. The summed E-state index contributed by atoms with van der Waals surface area (Å²) < 4.78 is 4.96. The molecule has 0 unspecified atom stereocenters. The number of methoxy groups -OCH3 is 1. The third kappa shape index (κ3) is 3.11. The van der Waals surface area contributed by atoms with Crippen molar-refractivity contribution in [1.82, 2.24) is 0 Å². The number of nitrogens with zero attached hydrogens (tertiary/aromatic N) is 1. The molecule has 0 spiro atoms. The number of Topliss-reactive ketones (excluding diaryl/α,β-unsaturated/α-hetero) is 2. The van der Waals surface area contributed by atoms with Crippen LogP contribution < -0.4 is 4.74 Å². The predicted molar refractivity (Wildman–Crippen MR) is 74.8 cm³/mol. The van der Waals surface area contributed by atoms with Gasteiger partial charge in [0.05, 0.1) is 12.0 Å². The van der Waals surface area contributed by atoms with Crippen LogP contribution in [0.2, 0.25) is 0 Å². The second-order valence-corrected chi connectivity index (χ2v) is 4.19. The van der Waals surface area contributed by atoms with Gasteiger partial charge in [-0.3, -0.25) is 19.7 Å². The Kier molecular flexibility index (Phi) is 4.08. The highest BCUT2D eigenvalue weighted by Crippen LogP contribution is 2.17. The summed E-state index contributed by atoms with van der Waals surface area (Å²) in [7, 11) is 1.49. The molecule has 0 aliphatic heterocycles. The summed E-state index contributed by atoms with van der Waals surface area (Å²) in [5.74, 6) is -0.948. The standard InChI is InChI=1S/C15H11NO5/c1-21-13-7-5-10(6-8-13)14(17)15(18)11-3-2-4-12(9-11)16(19)20/h2-9H,1H3. The normalized spacial score (nSPS) is 9.95. The van der Waals surface area contributed by atoms with Crippen molar-refractivity contribution < 1.29 is 19.2 Å². The number of rotatable bonds is 5. The maximum absolute atomic E-state index is 12.1. The third-order valence-electron chi connectivity index (χ3n) is 2.88. The van der Waals surface area contributed by atoms with E-state index in [1.54, 1.807) is 12.1 Å². The average molecular weight is 285 g/mol. The SMILES string of the molecule is COc1ccc(C(=O)C(=O)c2cccc([N+](=O)[O-])c2)cc1.